The molecule has 0 aliphatic carbocycles. The molecule has 3 aromatic rings. The van der Waals surface area contributed by atoms with Crippen molar-refractivity contribution in [3.05, 3.63) is 78.5 Å². The Morgan fingerprint density at radius 3 is 2.15 bits per heavy atom. The summed E-state index contributed by atoms with van der Waals surface area (Å²) < 4.78 is 25.0. The molecule has 0 fully saturated rings. The van der Waals surface area contributed by atoms with Gasteiger partial charge in [0.05, 0.1) is 11.9 Å². The van der Waals surface area contributed by atoms with Crippen LogP contribution in [0.15, 0.2) is 72.9 Å². The van der Waals surface area contributed by atoms with E-state index in [1.807, 2.05) is 36.4 Å². The Hall–Kier alpha value is -3.19. The van der Waals surface area contributed by atoms with E-state index in [-0.39, 0.29) is 11.7 Å². The largest absolute Gasteiger partial charge is 0.319 e. The lowest BCUT2D eigenvalue weighted by molar-refractivity contribution is 0.102. The molecule has 27 heavy (non-hydrogen) atoms. The number of sulfonamides is 1. The van der Waals surface area contributed by atoms with Crippen LogP contribution in [0.1, 0.15) is 10.4 Å². The highest BCUT2D eigenvalue weighted by molar-refractivity contribution is 7.92. The first-order valence-electron chi connectivity index (χ1n) is 8.22. The monoisotopic (exact) mass is 381 g/mol. The number of hydrogen-bond donors (Lipinski definition) is 1. The molecule has 0 saturated carbocycles. The zero-order chi connectivity index (χ0) is 19.4. The van der Waals surface area contributed by atoms with Crippen LogP contribution in [0.4, 0.5) is 11.5 Å². The molecular weight excluding hydrogens is 362 g/mol. The predicted octanol–water partition coefficient (Wildman–Crippen LogP) is 3.40. The second kappa shape index (κ2) is 7.59. The van der Waals surface area contributed by atoms with E-state index in [9.17, 15) is 13.2 Å². The third-order valence-electron chi connectivity index (χ3n) is 4.05. The van der Waals surface area contributed by atoms with E-state index in [4.69, 9.17) is 0 Å². The lowest BCUT2D eigenvalue weighted by atomic mass is 10.1. The standard InChI is InChI=1S/C20H19N3O3S/c1-23(27(2,25)26)19-18(22-20(24)16-11-7-4-8-12-16)13-17(14-21-19)15-9-5-3-6-10-15/h3-14H,1-2H3,(H,22,24). The SMILES string of the molecule is CN(c1ncc(-c2ccccc2)cc1NC(=O)c1ccccc1)S(C)(=O)=O. The van der Waals surface area contributed by atoms with Crippen molar-refractivity contribution in [1.29, 1.82) is 0 Å². The van der Waals surface area contributed by atoms with Gasteiger partial charge in [0.15, 0.2) is 5.82 Å². The second-order valence-corrected chi connectivity index (χ2v) is 8.03. The number of nitrogens with one attached hydrogen (secondary N) is 1. The van der Waals surface area contributed by atoms with Crippen molar-refractivity contribution in [2.24, 2.45) is 0 Å². The molecule has 7 heteroatoms. The Kier molecular flexibility index (Phi) is 5.23. The van der Waals surface area contributed by atoms with E-state index in [0.717, 1.165) is 21.7 Å². The maximum atomic E-state index is 12.6. The van der Waals surface area contributed by atoms with E-state index in [1.54, 1.807) is 36.5 Å². The van der Waals surface area contributed by atoms with Gasteiger partial charge in [0.1, 0.15) is 0 Å². The topological polar surface area (TPSA) is 79.4 Å². The van der Waals surface area contributed by atoms with Crippen LogP contribution >= 0.6 is 0 Å². The fourth-order valence-electron chi connectivity index (χ4n) is 2.53. The zero-order valence-electron chi connectivity index (χ0n) is 15.0. The molecule has 6 nitrogen and oxygen atoms in total. The zero-order valence-corrected chi connectivity index (χ0v) is 15.8. The van der Waals surface area contributed by atoms with Gasteiger partial charge in [-0.15, -0.1) is 0 Å². The van der Waals surface area contributed by atoms with Crippen molar-refractivity contribution in [3.8, 4) is 11.1 Å². The summed E-state index contributed by atoms with van der Waals surface area (Å²) in [5.41, 5.74) is 2.46. The molecule has 1 aromatic heterocycles. The summed E-state index contributed by atoms with van der Waals surface area (Å²) in [6.07, 6.45) is 2.67. The summed E-state index contributed by atoms with van der Waals surface area (Å²) >= 11 is 0. The second-order valence-electron chi connectivity index (χ2n) is 6.01. The van der Waals surface area contributed by atoms with E-state index in [1.165, 1.54) is 7.05 Å². The number of aromatic nitrogens is 1. The van der Waals surface area contributed by atoms with Gasteiger partial charge in [-0.3, -0.25) is 9.10 Å². The van der Waals surface area contributed by atoms with Gasteiger partial charge in [-0.1, -0.05) is 48.5 Å². The third-order valence-corrected chi connectivity index (χ3v) is 5.22. The molecule has 1 N–H and O–H groups in total. The van der Waals surface area contributed by atoms with Crippen LogP contribution in [0, 0.1) is 0 Å². The molecular formula is C20H19N3O3S. The molecule has 1 amide bonds. The van der Waals surface area contributed by atoms with Crippen LogP contribution in [0.5, 0.6) is 0 Å². The maximum absolute atomic E-state index is 12.6. The van der Waals surface area contributed by atoms with Crippen molar-refractivity contribution in [2.45, 2.75) is 0 Å². The van der Waals surface area contributed by atoms with Crippen LogP contribution in [0.3, 0.4) is 0 Å². The summed E-state index contributed by atoms with van der Waals surface area (Å²) in [5.74, 6) is -0.188. The lowest BCUT2D eigenvalue weighted by Crippen LogP contribution is -2.27. The number of amides is 1. The van der Waals surface area contributed by atoms with Crippen molar-refractivity contribution in [2.75, 3.05) is 22.9 Å². The first-order valence-corrected chi connectivity index (χ1v) is 10.1. The number of nitrogens with zero attached hydrogens (tertiary/aromatic N) is 2. The predicted molar refractivity (Wildman–Crippen MR) is 107 cm³/mol. The van der Waals surface area contributed by atoms with Crippen LogP contribution in [-0.4, -0.2) is 32.6 Å². The average molecular weight is 381 g/mol. The van der Waals surface area contributed by atoms with Crippen LogP contribution in [-0.2, 0) is 10.0 Å². The van der Waals surface area contributed by atoms with Gasteiger partial charge in [-0.2, -0.15) is 0 Å². The Balaban J connectivity index is 2.05. The molecule has 0 atom stereocenters. The van der Waals surface area contributed by atoms with Gasteiger partial charge in [0.2, 0.25) is 10.0 Å². The third kappa shape index (κ3) is 4.32. The molecule has 0 bridgehead atoms. The Morgan fingerprint density at radius 2 is 1.56 bits per heavy atom. The van der Waals surface area contributed by atoms with Crippen LogP contribution in [0.2, 0.25) is 0 Å². The summed E-state index contributed by atoms with van der Waals surface area (Å²) in [4.78, 5) is 16.9. The number of benzene rings is 2. The number of pyridine rings is 1. The Morgan fingerprint density at radius 1 is 0.963 bits per heavy atom. The van der Waals surface area contributed by atoms with Crippen LogP contribution in [0.25, 0.3) is 11.1 Å². The summed E-state index contributed by atoms with van der Waals surface area (Å²) in [5, 5.41) is 2.78. The smallest absolute Gasteiger partial charge is 0.255 e. The highest BCUT2D eigenvalue weighted by atomic mass is 32.2. The fraction of sp³-hybridized carbons (Fsp3) is 0.100. The van der Waals surface area contributed by atoms with E-state index in [2.05, 4.69) is 10.3 Å². The molecule has 3 rings (SSSR count). The molecule has 0 radical (unpaired) electrons. The molecule has 138 valence electrons. The van der Waals surface area contributed by atoms with Gasteiger partial charge in [-0.25, -0.2) is 13.4 Å². The van der Waals surface area contributed by atoms with E-state index in [0.29, 0.717) is 11.3 Å². The number of hydrogen-bond acceptors (Lipinski definition) is 4. The van der Waals surface area contributed by atoms with Gasteiger partial charge >= 0.3 is 0 Å². The summed E-state index contributed by atoms with van der Waals surface area (Å²) in [6.45, 7) is 0. The normalized spacial score (nSPS) is 11.0. The minimum absolute atomic E-state index is 0.154. The van der Waals surface area contributed by atoms with Crippen molar-refractivity contribution in [1.82, 2.24) is 4.98 Å². The van der Waals surface area contributed by atoms with Gasteiger partial charge in [0.25, 0.3) is 5.91 Å². The minimum Gasteiger partial charge on any atom is -0.319 e. The molecule has 0 aliphatic heterocycles. The van der Waals surface area contributed by atoms with Crippen molar-refractivity contribution >= 4 is 27.4 Å². The summed E-state index contributed by atoms with van der Waals surface area (Å²) in [7, 11) is -2.14. The molecule has 0 unspecified atom stereocenters. The number of carbonyl (C=O) groups excluding carboxylic acids is 1. The Labute approximate surface area is 158 Å². The van der Waals surface area contributed by atoms with Gasteiger partial charge in [0, 0.05) is 24.4 Å². The van der Waals surface area contributed by atoms with Crippen molar-refractivity contribution < 1.29 is 13.2 Å². The van der Waals surface area contributed by atoms with Crippen molar-refractivity contribution in [3.63, 3.8) is 0 Å². The summed E-state index contributed by atoms with van der Waals surface area (Å²) in [6, 6.07) is 20.0. The highest BCUT2D eigenvalue weighted by Gasteiger charge is 2.20. The average Bonchev–Trinajstić information content (AvgIpc) is 2.68. The molecule has 0 aliphatic rings. The molecule has 0 spiro atoms. The lowest BCUT2D eigenvalue weighted by Gasteiger charge is -2.20. The minimum atomic E-state index is -3.54. The first-order chi connectivity index (χ1) is 12.9. The quantitative estimate of drug-likeness (QED) is 0.735. The van der Waals surface area contributed by atoms with Gasteiger partial charge in [-0.05, 0) is 23.8 Å². The molecule has 1 heterocycles. The fourth-order valence-corrected chi connectivity index (χ4v) is 2.99. The molecule has 0 saturated heterocycles. The number of carbonyl (C=O) groups is 1. The molecule has 2 aromatic carbocycles. The maximum Gasteiger partial charge on any atom is 0.255 e. The number of rotatable bonds is 5. The number of anilines is 2. The van der Waals surface area contributed by atoms with Gasteiger partial charge < -0.3 is 5.32 Å². The van der Waals surface area contributed by atoms with E-state index >= 15 is 0 Å². The van der Waals surface area contributed by atoms with E-state index < -0.39 is 10.0 Å². The Bertz CT molecular complexity index is 1050. The highest BCUT2D eigenvalue weighted by Crippen LogP contribution is 2.30. The first kappa shape index (κ1) is 18.6. The van der Waals surface area contributed by atoms with Crippen LogP contribution < -0.4 is 9.62 Å².